The van der Waals surface area contributed by atoms with Crippen molar-refractivity contribution in [3.63, 3.8) is 0 Å². The number of methoxy groups -OCH3 is 1. The molecule has 1 N–H and O–H groups in total. The number of aryl methyl sites for hydroxylation is 1. The smallest absolute Gasteiger partial charge is 0.251 e. The normalized spacial score (nSPS) is 10.6. The van der Waals surface area contributed by atoms with Gasteiger partial charge in [0.15, 0.2) is 11.5 Å². The van der Waals surface area contributed by atoms with Gasteiger partial charge in [-0.2, -0.15) is 0 Å². The van der Waals surface area contributed by atoms with Crippen LogP contribution in [0.3, 0.4) is 0 Å². The molecule has 0 bridgehead atoms. The second-order valence-corrected chi connectivity index (χ2v) is 6.93. The first kappa shape index (κ1) is 20.7. The number of carbonyl (C=O) groups is 1. The molecule has 3 rings (SSSR count). The lowest BCUT2D eigenvalue weighted by atomic mass is 10.1. The molecule has 0 unspecified atom stereocenters. The average molecular weight is 414 g/mol. The molecule has 0 atom stereocenters. The molecular formula is C22H24ClN3O3. The summed E-state index contributed by atoms with van der Waals surface area (Å²) in [6, 6.07) is 11.3. The molecule has 29 heavy (non-hydrogen) atoms. The van der Waals surface area contributed by atoms with Crippen LogP contribution in [0.25, 0.3) is 0 Å². The van der Waals surface area contributed by atoms with E-state index < -0.39 is 0 Å². The molecule has 1 heterocycles. The number of ether oxygens (including phenoxy) is 2. The average Bonchev–Trinajstić information content (AvgIpc) is 3.12. The van der Waals surface area contributed by atoms with Gasteiger partial charge in [0.1, 0.15) is 5.82 Å². The summed E-state index contributed by atoms with van der Waals surface area (Å²) in [4.78, 5) is 16.9. The fourth-order valence-electron chi connectivity index (χ4n) is 3.03. The Balaban J connectivity index is 1.68. The lowest BCUT2D eigenvalue weighted by Gasteiger charge is -2.13. The van der Waals surface area contributed by atoms with Crippen molar-refractivity contribution < 1.29 is 14.3 Å². The van der Waals surface area contributed by atoms with Crippen LogP contribution in [0.1, 0.15) is 34.2 Å². The van der Waals surface area contributed by atoms with Crippen LogP contribution in [-0.2, 0) is 13.1 Å². The summed E-state index contributed by atoms with van der Waals surface area (Å²) < 4.78 is 12.9. The number of nitrogens with one attached hydrogen (secondary N) is 1. The van der Waals surface area contributed by atoms with Crippen LogP contribution < -0.4 is 14.8 Å². The highest BCUT2D eigenvalue weighted by Crippen LogP contribution is 2.36. The van der Waals surface area contributed by atoms with E-state index in [1.807, 2.05) is 32.2 Å². The van der Waals surface area contributed by atoms with Gasteiger partial charge in [0.25, 0.3) is 5.91 Å². The third-order valence-corrected chi connectivity index (χ3v) is 4.78. The van der Waals surface area contributed by atoms with Gasteiger partial charge in [-0.15, -0.1) is 0 Å². The molecule has 3 aromatic rings. The Bertz CT molecular complexity index is 1000. The fourth-order valence-corrected chi connectivity index (χ4v) is 3.29. The molecule has 0 spiro atoms. The number of hydrogen-bond donors (Lipinski definition) is 1. The minimum Gasteiger partial charge on any atom is -0.493 e. The Hall–Kier alpha value is -2.99. The Kier molecular flexibility index (Phi) is 6.77. The van der Waals surface area contributed by atoms with Crippen molar-refractivity contribution in [2.24, 2.45) is 0 Å². The van der Waals surface area contributed by atoms with Gasteiger partial charge in [0, 0.05) is 31.0 Å². The summed E-state index contributed by atoms with van der Waals surface area (Å²) in [5, 5.41) is 3.27. The number of carbonyl (C=O) groups excluding carboxylic acids is 1. The van der Waals surface area contributed by atoms with E-state index in [-0.39, 0.29) is 5.91 Å². The molecular weight excluding hydrogens is 390 g/mol. The van der Waals surface area contributed by atoms with Gasteiger partial charge in [-0.05, 0) is 37.1 Å². The van der Waals surface area contributed by atoms with Crippen molar-refractivity contribution in [1.29, 1.82) is 0 Å². The molecule has 1 aromatic heterocycles. The van der Waals surface area contributed by atoms with Crippen LogP contribution in [0.4, 0.5) is 0 Å². The maximum Gasteiger partial charge on any atom is 0.251 e. The van der Waals surface area contributed by atoms with Crippen molar-refractivity contribution in [2.45, 2.75) is 26.9 Å². The minimum absolute atomic E-state index is 0.232. The topological polar surface area (TPSA) is 65.4 Å². The molecule has 0 saturated carbocycles. The standard InChI is InChI=1S/C22H24ClN3O3/c1-4-29-21-19(23)11-18(12-20(21)28-3)22(27)25-13-16-6-5-7-17(10-16)14-26-9-8-24-15(26)2/h5-12H,4,13-14H2,1-3H3,(H,25,27). The lowest BCUT2D eigenvalue weighted by molar-refractivity contribution is 0.0950. The second-order valence-electron chi connectivity index (χ2n) is 6.53. The van der Waals surface area contributed by atoms with E-state index in [0.29, 0.717) is 35.2 Å². The first-order chi connectivity index (χ1) is 14.0. The van der Waals surface area contributed by atoms with E-state index in [1.165, 1.54) is 7.11 Å². The first-order valence-corrected chi connectivity index (χ1v) is 9.73. The van der Waals surface area contributed by atoms with E-state index in [1.54, 1.807) is 18.3 Å². The molecule has 1 amide bonds. The SMILES string of the molecule is CCOc1c(Cl)cc(C(=O)NCc2cccc(Cn3ccnc3C)c2)cc1OC. The molecule has 0 aliphatic rings. The number of imidazole rings is 1. The predicted molar refractivity (Wildman–Crippen MR) is 113 cm³/mol. The minimum atomic E-state index is -0.232. The van der Waals surface area contributed by atoms with Crippen LogP contribution in [0, 0.1) is 6.92 Å². The summed E-state index contributed by atoms with van der Waals surface area (Å²) in [5.74, 6) is 1.60. The van der Waals surface area contributed by atoms with Crippen LogP contribution in [-0.4, -0.2) is 29.2 Å². The molecule has 0 aliphatic carbocycles. The van der Waals surface area contributed by atoms with Gasteiger partial charge < -0.3 is 19.4 Å². The molecule has 6 nitrogen and oxygen atoms in total. The number of aromatic nitrogens is 2. The maximum absolute atomic E-state index is 12.6. The van der Waals surface area contributed by atoms with Crippen LogP contribution >= 0.6 is 11.6 Å². The highest BCUT2D eigenvalue weighted by molar-refractivity contribution is 6.32. The maximum atomic E-state index is 12.6. The molecule has 7 heteroatoms. The quantitative estimate of drug-likeness (QED) is 0.600. The monoisotopic (exact) mass is 413 g/mol. The van der Waals surface area contributed by atoms with Gasteiger partial charge in [0.05, 0.1) is 18.7 Å². The molecule has 2 aromatic carbocycles. The van der Waals surface area contributed by atoms with Gasteiger partial charge in [0.2, 0.25) is 0 Å². The number of benzene rings is 2. The van der Waals surface area contributed by atoms with Gasteiger partial charge >= 0.3 is 0 Å². The molecule has 0 aliphatic heterocycles. The van der Waals surface area contributed by atoms with Gasteiger partial charge in [-0.1, -0.05) is 35.9 Å². The van der Waals surface area contributed by atoms with Crippen molar-refractivity contribution >= 4 is 17.5 Å². The zero-order chi connectivity index (χ0) is 20.8. The molecule has 0 saturated heterocycles. The first-order valence-electron chi connectivity index (χ1n) is 9.36. The summed E-state index contributed by atoms with van der Waals surface area (Å²) in [5.41, 5.74) is 2.57. The van der Waals surface area contributed by atoms with Crippen molar-refractivity contribution in [3.8, 4) is 11.5 Å². The van der Waals surface area contributed by atoms with Crippen LogP contribution in [0.5, 0.6) is 11.5 Å². The lowest BCUT2D eigenvalue weighted by Crippen LogP contribution is -2.23. The molecule has 152 valence electrons. The summed E-state index contributed by atoms with van der Waals surface area (Å²) in [6.07, 6.45) is 3.74. The third-order valence-electron chi connectivity index (χ3n) is 4.50. The Morgan fingerprint density at radius 2 is 2.03 bits per heavy atom. The Labute approximate surface area is 175 Å². The zero-order valence-corrected chi connectivity index (χ0v) is 17.5. The number of amides is 1. The summed E-state index contributed by atoms with van der Waals surface area (Å²) >= 11 is 6.26. The van der Waals surface area contributed by atoms with Gasteiger partial charge in [-0.3, -0.25) is 4.79 Å². The Morgan fingerprint density at radius 3 is 2.72 bits per heavy atom. The van der Waals surface area contributed by atoms with E-state index in [2.05, 4.69) is 27.0 Å². The van der Waals surface area contributed by atoms with Crippen LogP contribution in [0.15, 0.2) is 48.8 Å². The van der Waals surface area contributed by atoms with Crippen LogP contribution in [0.2, 0.25) is 5.02 Å². The van der Waals surface area contributed by atoms with Crippen molar-refractivity contribution in [2.75, 3.05) is 13.7 Å². The van der Waals surface area contributed by atoms with E-state index >= 15 is 0 Å². The molecule has 0 fully saturated rings. The van der Waals surface area contributed by atoms with Gasteiger partial charge in [-0.25, -0.2) is 4.98 Å². The van der Waals surface area contributed by atoms with E-state index in [0.717, 1.165) is 23.5 Å². The van der Waals surface area contributed by atoms with Crippen molar-refractivity contribution in [3.05, 3.63) is 76.3 Å². The number of halogens is 1. The zero-order valence-electron chi connectivity index (χ0n) is 16.7. The summed E-state index contributed by atoms with van der Waals surface area (Å²) in [6.45, 7) is 5.43. The van der Waals surface area contributed by atoms with E-state index in [9.17, 15) is 4.79 Å². The fraction of sp³-hybridized carbons (Fsp3) is 0.273. The highest BCUT2D eigenvalue weighted by atomic mass is 35.5. The van der Waals surface area contributed by atoms with E-state index in [4.69, 9.17) is 21.1 Å². The van der Waals surface area contributed by atoms with Crippen molar-refractivity contribution in [1.82, 2.24) is 14.9 Å². The third kappa shape index (κ3) is 5.09. The largest absolute Gasteiger partial charge is 0.493 e. The number of rotatable bonds is 8. The predicted octanol–water partition coefficient (Wildman–Crippen LogP) is 4.23. The molecule has 0 radical (unpaired) electrons. The summed E-state index contributed by atoms with van der Waals surface area (Å²) in [7, 11) is 1.52. The number of hydrogen-bond acceptors (Lipinski definition) is 4. The number of nitrogens with zero attached hydrogens (tertiary/aromatic N) is 2. The highest BCUT2D eigenvalue weighted by Gasteiger charge is 2.15. The Morgan fingerprint density at radius 1 is 1.24 bits per heavy atom. The second kappa shape index (κ2) is 9.47.